The Balaban J connectivity index is 1.55. The fraction of sp³-hybridized carbons (Fsp3) is 0.318. The highest BCUT2D eigenvalue weighted by Crippen LogP contribution is 2.38. The van der Waals surface area contributed by atoms with Crippen LogP contribution < -0.4 is 10.1 Å². The van der Waals surface area contributed by atoms with Crippen LogP contribution in [0, 0.1) is 11.7 Å². The lowest BCUT2D eigenvalue weighted by molar-refractivity contribution is 0.0103. The fourth-order valence-electron chi connectivity index (χ4n) is 3.95. The number of anilines is 1. The molecule has 2 aromatic carbocycles. The van der Waals surface area contributed by atoms with E-state index >= 15 is 0 Å². The van der Waals surface area contributed by atoms with Gasteiger partial charge in [-0.25, -0.2) is 9.18 Å². The van der Waals surface area contributed by atoms with E-state index in [4.69, 9.17) is 21.1 Å². The molecule has 0 aromatic heterocycles. The van der Waals surface area contributed by atoms with Crippen molar-refractivity contribution in [2.24, 2.45) is 5.92 Å². The quantitative estimate of drug-likeness (QED) is 0.746. The molecule has 1 atom stereocenters. The molecule has 2 aromatic rings. The summed E-state index contributed by atoms with van der Waals surface area (Å²) >= 11 is 6.20. The summed E-state index contributed by atoms with van der Waals surface area (Å²) in [5.41, 5.74) is 1.73. The van der Waals surface area contributed by atoms with Crippen LogP contribution in [0.4, 0.5) is 14.9 Å². The van der Waals surface area contributed by atoms with E-state index in [2.05, 4.69) is 10.2 Å². The number of methoxy groups -OCH3 is 1. The summed E-state index contributed by atoms with van der Waals surface area (Å²) in [4.78, 5) is 14.7. The van der Waals surface area contributed by atoms with Crippen molar-refractivity contribution in [1.29, 1.82) is 0 Å². The van der Waals surface area contributed by atoms with E-state index in [1.54, 1.807) is 49.6 Å². The second kappa shape index (κ2) is 8.33. The van der Waals surface area contributed by atoms with E-state index in [1.807, 2.05) is 0 Å². The molecular formula is C22H22ClFN2O3. The molecule has 3 aliphatic heterocycles. The predicted molar refractivity (Wildman–Crippen MR) is 111 cm³/mol. The zero-order chi connectivity index (χ0) is 20.4. The number of piperidine rings is 3. The molecule has 1 unspecified atom stereocenters. The number of carbonyl (C=O) groups excluding carboxylic acids is 1. The monoisotopic (exact) mass is 416 g/mol. The highest BCUT2D eigenvalue weighted by molar-refractivity contribution is 6.32. The van der Waals surface area contributed by atoms with Gasteiger partial charge in [0.2, 0.25) is 0 Å². The lowest BCUT2D eigenvalue weighted by Gasteiger charge is -2.47. The van der Waals surface area contributed by atoms with Gasteiger partial charge in [-0.2, -0.15) is 0 Å². The number of nitrogens with one attached hydrogen (secondary N) is 1. The van der Waals surface area contributed by atoms with Gasteiger partial charge in [0.15, 0.2) is 0 Å². The van der Waals surface area contributed by atoms with Gasteiger partial charge < -0.3 is 14.4 Å². The molecule has 29 heavy (non-hydrogen) atoms. The summed E-state index contributed by atoms with van der Waals surface area (Å²) in [5.74, 6) is 0.515. The van der Waals surface area contributed by atoms with Crippen LogP contribution in [0.5, 0.6) is 5.75 Å². The highest BCUT2D eigenvalue weighted by atomic mass is 35.5. The first kappa shape index (κ1) is 19.6. The second-order valence-corrected chi connectivity index (χ2v) is 7.62. The molecular weight excluding hydrogens is 395 g/mol. The maximum atomic E-state index is 14.3. The second-order valence-electron chi connectivity index (χ2n) is 7.21. The molecule has 2 bridgehead atoms. The lowest BCUT2D eigenvalue weighted by Crippen LogP contribution is -2.50. The van der Waals surface area contributed by atoms with Gasteiger partial charge in [0.1, 0.15) is 17.7 Å². The molecule has 7 heteroatoms. The largest absolute Gasteiger partial charge is 0.497 e. The molecule has 3 saturated heterocycles. The minimum absolute atomic E-state index is 0.207. The van der Waals surface area contributed by atoms with Crippen LogP contribution in [-0.4, -0.2) is 37.3 Å². The van der Waals surface area contributed by atoms with E-state index in [1.165, 1.54) is 6.07 Å². The van der Waals surface area contributed by atoms with Crippen molar-refractivity contribution < 1.29 is 18.7 Å². The van der Waals surface area contributed by atoms with Crippen molar-refractivity contribution in [3.63, 3.8) is 0 Å². The third-order valence-electron chi connectivity index (χ3n) is 5.49. The molecule has 3 aliphatic rings. The van der Waals surface area contributed by atoms with Crippen LogP contribution in [0.3, 0.4) is 0 Å². The summed E-state index contributed by atoms with van der Waals surface area (Å²) in [5, 5.41) is 3.08. The molecule has 1 amide bonds. The number of hydrogen-bond acceptors (Lipinski definition) is 4. The van der Waals surface area contributed by atoms with E-state index < -0.39 is 18.0 Å². The van der Waals surface area contributed by atoms with E-state index in [-0.39, 0.29) is 5.92 Å². The van der Waals surface area contributed by atoms with Gasteiger partial charge in [-0.15, -0.1) is 0 Å². The SMILES string of the molecule is COc1ccc(NC(=O)OC2/C(=C/c3c(F)cccc3Cl)N3CCC2CC3)cc1. The van der Waals surface area contributed by atoms with Gasteiger partial charge in [0, 0.05) is 30.3 Å². The van der Waals surface area contributed by atoms with Crippen LogP contribution in [0.25, 0.3) is 6.08 Å². The van der Waals surface area contributed by atoms with Crippen LogP contribution in [0.2, 0.25) is 5.02 Å². The molecule has 3 fully saturated rings. The van der Waals surface area contributed by atoms with Crippen LogP contribution >= 0.6 is 11.6 Å². The number of ether oxygens (including phenoxy) is 2. The van der Waals surface area contributed by atoms with Gasteiger partial charge >= 0.3 is 6.09 Å². The number of carbonyl (C=O) groups is 1. The zero-order valence-electron chi connectivity index (χ0n) is 16.0. The minimum Gasteiger partial charge on any atom is -0.497 e. The topological polar surface area (TPSA) is 50.8 Å². The first-order chi connectivity index (χ1) is 14.0. The van der Waals surface area contributed by atoms with Crippen LogP contribution in [0.15, 0.2) is 48.2 Å². The molecule has 0 aliphatic carbocycles. The molecule has 5 nitrogen and oxygen atoms in total. The van der Waals surface area contributed by atoms with Crippen molar-refractivity contribution in [3.8, 4) is 5.75 Å². The first-order valence-corrected chi connectivity index (χ1v) is 9.95. The summed E-state index contributed by atoms with van der Waals surface area (Å²) in [6.07, 6.45) is 2.60. The van der Waals surface area contributed by atoms with E-state index in [0.717, 1.165) is 31.6 Å². The summed E-state index contributed by atoms with van der Waals surface area (Å²) in [6.45, 7) is 1.73. The average Bonchev–Trinajstić information content (AvgIpc) is 2.73. The fourth-order valence-corrected chi connectivity index (χ4v) is 4.16. The smallest absolute Gasteiger partial charge is 0.412 e. The Kier molecular flexibility index (Phi) is 5.62. The Hall–Kier alpha value is -2.73. The van der Waals surface area contributed by atoms with Crippen molar-refractivity contribution >= 4 is 29.5 Å². The molecule has 1 N–H and O–H groups in total. The Bertz CT molecular complexity index is 904. The highest BCUT2D eigenvalue weighted by Gasteiger charge is 2.40. The van der Waals surface area contributed by atoms with Gasteiger partial charge in [0.05, 0.1) is 17.8 Å². The Morgan fingerprint density at radius 1 is 1.21 bits per heavy atom. The first-order valence-electron chi connectivity index (χ1n) is 9.57. The van der Waals surface area contributed by atoms with Crippen molar-refractivity contribution in [2.75, 3.05) is 25.5 Å². The third-order valence-corrected chi connectivity index (χ3v) is 5.82. The Morgan fingerprint density at radius 3 is 2.59 bits per heavy atom. The normalized spacial score (nSPS) is 21.9. The van der Waals surface area contributed by atoms with Gasteiger partial charge in [0.25, 0.3) is 0 Å². The molecule has 5 rings (SSSR count). The average molecular weight is 417 g/mol. The molecule has 152 valence electrons. The predicted octanol–water partition coefficient (Wildman–Crippen LogP) is 5.17. The minimum atomic E-state index is -0.542. The molecule has 0 saturated carbocycles. The van der Waals surface area contributed by atoms with Crippen LogP contribution in [0.1, 0.15) is 18.4 Å². The van der Waals surface area contributed by atoms with Crippen LogP contribution in [-0.2, 0) is 4.74 Å². The zero-order valence-corrected chi connectivity index (χ0v) is 16.8. The van der Waals surface area contributed by atoms with Gasteiger partial charge in [-0.05, 0) is 55.3 Å². The number of hydrogen-bond donors (Lipinski definition) is 1. The summed E-state index contributed by atoms with van der Waals surface area (Å²) in [6, 6.07) is 11.6. The van der Waals surface area contributed by atoms with Crippen molar-refractivity contribution in [1.82, 2.24) is 4.90 Å². The number of nitrogens with zero attached hydrogens (tertiary/aromatic N) is 1. The van der Waals surface area contributed by atoms with E-state index in [0.29, 0.717) is 22.0 Å². The molecule has 0 spiro atoms. The van der Waals surface area contributed by atoms with Crippen molar-refractivity contribution in [3.05, 3.63) is 64.6 Å². The molecule has 3 heterocycles. The number of fused-ring (bicyclic) bond motifs is 3. The van der Waals surface area contributed by atoms with E-state index in [9.17, 15) is 9.18 Å². The number of halogens is 2. The van der Waals surface area contributed by atoms with Gasteiger partial charge in [-0.1, -0.05) is 17.7 Å². The Labute approximate surface area is 174 Å². The third kappa shape index (κ3) is 4.17. The number of benzene rings is 2. The lowest BCUT2D eigenvalue weighted by atomic mass is 9.82. The number of rotatable bonds is 4. The maximum absolute atomic E-state index is 14.3. The van der Waals surface area contributed by atoms with Crippen molar-refractivity contribution in [2.45, 2.75) is 18.9 Å². The Morgan fingerprint density at radius 2 is 1.93 bits per heavy atom. The number of amides is 1. The maximum Gasteiger partial charge on any atom is 0.412 e. The summed E-state index contributed by atoms with van der Waals surface area (Å²) in [7, 11) is 1.58. The summed E-state index contributed by atoms with van der Waals surface area (Å²) < 4.78 is 25.2. The standard InChI is InChI=1S/C22H22ClFN2O3/c1-28-16-7-5-15(6-8-16)25-22(27)29-21-14-9-11-26(12-10-14)20(21)13-17-18(23)3-2-4-19(17)24/h2-8,13-14,21H,9-12H2,1H3,(H,25,27)/b20-13-. The molecule has 0 radical (unpaired) electrons. The van der Waals surface area contributed by atoms with Gasteiger partial charge in [-0.3, -0.25) is 5.32 Å².